The van der Waals surface area contributed by atoms with E-state index in [1.54, 1.807) is 32.0 Å². The first kappa shape index (κ1) is 24.0. The third-order valence-electron chi connectivity index (χ3n) is 4.33. The quantitative estimate of drug-likeness (QED) is 0.574. The van der Waals surface area contributed by atoms with Crippen LogP contribution in [0.1, 0.15) is 38.1 Å². The molecule has 0 aliphatic heterocycles. The van der Waals surface area contributed by atoms with E-state index >= 15 is 0 Å². The SMILES string of the molecule is CCOc1ccc(NC(=O)c2cc(S(=O)(=O)N(CC)CC)ccc2Cl)cc1OCC. The summed E-state index contributed by atoms with van der Waals surface area (Å²) in [5.74, 6) is 0.548. The first-order valence-electron chi connectivity index (χ1n) is 9.79. The molecule has 7 nitrogen and oxygen atoms in total. The Morgan fingerprint density at radius 1 is 0.967 bits per heavy atom. The Morgan fingerprint density at radius 3 is 2.20 bits per heavy atom. The zero-order valence-corrected chi connectivity index (χ0v) is 19.1. The van der Waals surface area contributed by atoms with E-state index in [9.17, 15) is 13.2 Å². The van der Waals surface area contributed by atoms with E-state index < -0.39 is 15.9 Å². The summed E-state index contributed by atoms with van der Waals surface area (Å²) in [7, 11) is -3.71. The lowest BCUT2D eigenvalue weighted by Crippen LogP contribution is -2.30. The molecule has 0 unspecified atom stereocenters. The minimum Gasteiger partial charge on any atom is -0.490 e. The first-order valence-corrected chi connectivity index (χ1v) is 11.6. The lowest BCUT2D eigenvalue weighted by molar-refractivity contribution is 0.102. The number of anilines is 1. The number of rotatable bonds is 10. The molecule has 0 spiro atoms. The van der Waals surface area contributed by atoms with E-state index in [0.717, 1.165) is 0 Å². The predicted molar refractivity (Wildman–Crippen MR) is 118 cm³/mol. The van der Waals surface area contributed by atoms with Crippen LogP contribution < -0.4 is 14.8 Å². The van der Waals surface area contributed by atoms with Crippen LogP contribution in [0.15, 0.2) is 41.3 Å². The average molecular weight is 455 g/mol. The van der Waals surface area contributed by atoms with E-state index in [-0.39, 0.29) is 15.5 Å². The van der Waals surface area contributed by atoms with E-state index in [1.807, 2.05) is 13.8 Å². The van der Waals surface area contributed by atoms with Crippen LogP contribution in [0.4, 0.5) is 5.69 Å². The number of carbonyl (C=O) groups excluding carboxylic acids is 1. The molecule has 0 fully saturated rings. The number of amides is 1. The summed E-state index contributed by atoms with van der Waals surface area (Å²) in [6.07, 6.45) is 0. The topological polar surface area (TPSA) is 84.9 Å². The lowest BCUT2D eigenvalue weighted by Gasteiger charge is -2.19. The number of benzene rings is 2. The molecule has 0 aliphatic rings. The van der Waals surface area contributed by atoms with Gasteiger partial charge in [-0.15, -0.1) is 0 Å². The summed E-state index contributed by atoms with van der Waals surface area (Å²) in [6.45, 7) is 8.81. The second-order valence-electron chi connectivity index (χ2n) is 6.21. The van der Waals surface area contributed by atoms with Gasteiger partial charge in [0.1, 0.15) is 0 Å². The van der Waals surface area contributed by atoms with Gasteiger partial charge in [0.15, 0.2) is 11.5 Å². The third-order valence-corrected chi connectivity index (χ3v) is 6.70. The predicted octanol–water partition coefficient (Wildman–Crippen LogP) is 4.42. The van der Waals surface area contributed by atoms with E-state index in [0.29, 0.717) is 43.5 Å². The molecule has 1 N–H and O–H groups in total. The molecule has 164 valence electrons. The monoisotopic (exact) mass is 454 g/mol. The second kappa shape index (κ2) is 10.7. The molecule has 30 heavy (non-hydrogen) atoms. The van der Waals surface area contributed by atoms with Gasteiger partial charge in [0.05, 0.1) is 28.7 Å². The molecule has 0 heterocycles. The minimum absolute atomic E-state index is 0.0162. The molecule has 0 atom stereocenters. The van der Waals surface area contributed by atoms with Crippen molar-refractivity contribution < 1.29 is 22.7 Å². The fourth-order valence-electron chi connectivity index (χ4n) is 2.88. The van der Waals surface area contributed by atoms with Crippen LogP contribution in [0.25, 0.3) is 0 Å². The number of nitrogens with one attached hydrogen (secondary N) is 1. The van der Waals surface area contributed by atoms with Crippen molar-refractivity contribution in [3.05, 3.63) is 47.0 Å². The van der Waals surface area contributed by atoms with Gasteiger partial charge in [0.25, 0.3) is 5.91 Å². The number of carbonyl (C=O) groups is 1. The maximum Gasteiger partial charge on any atom is 0.257 e. The summed E-state index contributed by atoms with van der Waals surface area (Å²) >= 11 is 6.19. The summed E-state index contributed by atoms with van der Waals surface area (Å²) in [5.41, 5.74) is 0.539. The molecule has 1 amide bonds. The first-order chi connectivity index (χ1) is 14.3. The van der Waals surface area contributed by atoms with Crippen molar-refractivity contribution in [2.24, 2.45) is 0 Å². The van der Waals surface area contributed by atoms with Gasteiger partial charge >= 0.3 is 0 Å². The largest absolute Gasteiger partial charge is 0.490 e. The van der Waals surface area contributed by atoms with Gasteiger partial charge in [-0.05, 0) is 44.2 Å². The van der Waals surface area contributed by atoms with Gasteiger partial charge in [-0.1, -0.05) is 25.4 Å². The van der Waals surface area contributed by atoms with Gasteiger partial charge < -0.3 is 14.8 Å². The summed E-state index contributed by atoms with van der Waals surface area (Å²) in [4.78, 5) is 12.8. The Labute approximate surface area is 183 Å². The second-order valence-corrected chi connectivity index (χ2v) is 8.56. The van der Waals surface area contributed by atoms with Crippen molar-refractivity contribution in [1.82, 2.24) is 4.31 Å². The number of nitrogens with zero attached hydrogens (tertiary/aromatic N) is 1. The Hall–Kier alpha value is -2.29. The van der Waals surface area contributed by atoms with Crippen LogP contribution in [0.3, 0.4) is 0 Å². The molecular formula is C21H27ClN2O5S. The van der Waals surface area contributed by atoms with Gasteiger partial charge in [-0.2, -0.15) is 4.31 Å². The van der Waals surface area contributed by atoms with Crippen molar-refractivity contribution in [2.75, 3.05) is 31.6 Å². The van der Waals surface area contributed by atoms with Crippen molar-refractivity contribution in [2.45, 2.75) is 32.6 Å². The van der Waals surface area contributed by atoms with E-state index in [2.05, 4.69) is 5.32 Å². The van der Waals surface area contributed by atoms with Gasteiger partial charge in [0, 0.05) is 24.8 Å². The molecule has 2 aromatic rings. The van der Waals surface area contributed by atoms with Crippen LogP contribution in [0.5, 0.6) is 11.5 Å². The zero-order valence-electron chi connectivity index (χ0n) is 17.6. The third kappa shape index (κ3) is 5.44. The Balaban J connectivity index is 2.34. The van der Waals surface area contributed by atoms with Crippen LogP contribution >= 0.6 is 11.6 Å². The van der Waals surface area contributed by atoms with Crippen molar-refractivity contribution >= 4 is 33.2 Å². The van der Waals surface area contributed by atoms with Crippen molar-refractivity contribution in [1.29, 1.82) is 0 Å². The number of sulfonamides is 1. The molecule has 0 radical (unpaired) electrons. The lowest BCUT2D eigenvalue weighted by atomic mass is 10.2. The Kier molecular flexibility index (Phi) is 8.52. The van der Waals surface area contributed by atoms with E-state index in [4.69, 9.17) is 21.1 Å². The van der Waals surface area contributed by atoms with Crippen molar-refractivity contribution in [3.63, 3.8) is 0 Å². The highest BCUT2D eigenvalue weighted by atomic mass is 35.5. The molecule has 0 saturated carbocycles. The highest BCUT2D eigenvalue weighted by Gasteiger charge is 2.24. The van der Waals surface area contributed by atoms with Gasteiger partial charge in [-0.3, -0.25) is 4.79 Å². The van der Waals surface area contributed by atoms with Gasteiger partial charge in [-0.25, -0.2) is 8.42 Å². The molecule has 0 aromatic heterocycles. The van der Waals surface area contributed by atoms with Crippen molar-refractivity contribution in [3.8, 4) is 11.5 Å². The molecule has 0 bridgehead atoms. The molecular weight excluding hydrogens is 428 g/mol. The highest BCUT2D eigenvalue weighted by Crippen LogP contribution is 2.31. The van der Waals surface area contributed by atoms with Crippen LogP contribution in [0, 0.1) is 0 Å². The standard InChI is InChI=1S/C21H27ClN2O5S/c1-5-24(6-2)30(26,27)16-10-11-18(22)17(14-16)21(25)23-15-9-12-19(28-7-3)20(13-15)29-8-4/h9-14H,5-8H2,1-4H3,(H,23,25). The number of halogens is 1. The highest BCUT2D eigenvalue weighted by molar-refractivity contribution is 7.89. The Morgan fingerprint density at radius 2 is 1.60 bits per heavy atom. The molecule has 2 aromatic carbocycles. The minimum atomic E-state index is -3.71. The zero-order chi connectivity index (χ0) is 22.3. The summed E-state index contributed by atoms with van der Waals surface area (Å²) < 4.78 is 38.0. The average Bonchev–Trinajstić information content (AvgIpc) is 2.71. The van der Waals surface area contributed by atoms with Crippen LogP contribution in [0.2, 0.25) is 5.02 Å². The van der Waals surface area contributed by atoms with E-state index in [1.165, 1.54) is 22.5 Å². The number of ether oxygens (including phenoxy) is 2. The van der Waals surface area contributed by atoms with Crippen LogP contribution in [-0.2, 0) is 10.0 Å². The molecule has 9 heteroatoms. The Bertz CT molecular complexity index is 991. The maximum absolute atomic E-state index is 12.8. The fraction of sp³-hybridized carbons (Fsp3) is 0.381. The fourth-order valence-corrected chi connectivity index (χ4v) is 4.57. The number of hydrogen-bond acceptors (Lipinski definition) is 5. The van der Waals surface area contributed by atoms with Crippen LogP contribution in [-0.4, -0.2) is 44.9 Å². The summed E-state index contributed by atoms with van der Waals surface area (Å²) in [5, 5.41) is 2.89. The maximum atomic E-state index is 12.8. The molecule has 0 saturated heterocycles. The van der Waals surface area contributed by atoms with Gasteiger partial charge in [0.2, 0.25) is 10.0 Å². The normalized spacial score (nSPS) is 11.4. The summed E-state index contributed by atoms with van der Waals surface area (Å²) in [6, 6.07) is 9.14. The molecule has 2 rings (SSSR count). The number of hydrogen-bond donors (Lipinski definition) is 1. The molecule has 0 aliphatic carbocycles. The smallest absolute Gasteiger partial charge is 0.257 e.